The Morgan fingerprint density at radius 1 is 0.706 bits per heavy atom. The summed E-state index contributed by atoms with van der Waals surface area (Å²) < 4.78 is 62.2. The molecular weight excluding hydrogens is 697 g/mol. The quantitative estimate of drug-likeness (QED) is 0.177. The lowest BCUT2D eigenvalue weighted by Crippen LogP contribution is -2.46. The number of ether oxygens (including phenoxy) is 5. The second-order valence-electron chi connectivity index (χ2n) is 10.3. The highest BCUT2D eigenvalue weighted by Gasteiger charge is 2.29. The van der Waals surface area contributed by atoms with Gasteiger partial charge in [0.25, 0.3) is 23.6 Å². The zero-order chi connectivity index (χ0) is 37.4. The lowest BCUT2D eigenvalue weighted by molar-refractivity contribution is -0.154. The zero-order valence-electron chi connectivity index (χ0n) is 26.4. The van der Waals surface area contributed by atoms with Crippen LogP contribution in [0, 0.1) is 0 Å². The van der Waals surface area contributed by atoms with Crippen molar-refractivity contribution >= 4 is 47.5 Å². The third kappa shape index (κ3) is 15.7. The summed E-state index contributed by atoms with van der Waals surface area (Å²) in [7, 11) is 0. The van der Waals surface area contributed by atoms with Gasteiger partial charge in [-0.2, -0.15) is 18.3 Å². The van der Waals surface area contributed by atoms with Crippen molar-refractivity contribution in [2.24, 2.45) is 0 Å². The van der Waals surface area contributed by atoms with E-state index in [4.69, 9.17) is 9.47 Å². The van der Waals surface area contributed by atoms with Gasteiger partial charge in [0.05, 0.1) is 18.9 Å². The molecule has 1 atom stereocenters. The Hall–Kier alpha value is -6.22. The van der Waals surface area contributed by atoms with Crippen LogP contribution in [0.4, 0.5) is 13.2 Å². The van der Waals surface area contributed by atoms with Crippen molar-refractivity contribution in [1.29, 1.82) is 0 Å². The number of amides is 4. The Labute approximate surface area is 285 Å². The number of esters is 4. The van der Waals surface area contributed by atoms with Gasteiger partial charge in [-0.3, -0.25) is 38.2 Å². The van der Waals surface area contributed by atoms with E-state index in [9.17, 15) is 51.5 Å². The van der Waals surface area contributed by atoms with Crippen LogP contribution in [0.3, 0.4) is 0 Å². The van der Waals surface area contributed by atoms with Gasteiger partial charge in [-0.25, -0.2) is 4.79 Å². The SMILES string of the molecule is O=C1COC(=O)CNC(=O)COC(=O)C(Cc2ccc(Cn3cc(OCC(F)(F)F)cn3)cc2)NC(=O)COC(=O)CNC(=O)COC(=O)CN1. The number of alkyl halides is 3. The molecule has 19 nitrogen and oxygen atoms in total. The van der Waals surface area contributed by atoms with Crippen molar-refractivity contribution < 1.29 is 75.2 Å². The normalized spacial score (nSPS) is 18.4. The smallest absolute Gasteiger partial charge is 0.422 e. The van der Waals surface area contributed by atoms with Gasteiger partial charge in [-0.15, -0.1) is 0 Å². The average Bonchev–Trinajstić information content (AvgIpc) is 3.54. The van der Waals surface area contributed by atoms with Gasteiger partial charge in [-0.1, -0.05) is 24.3 Å². The molecule has 0 radical (unpaired) electrons. The lowest BCUT2D eigenvalue weighted by Gasteiger charge is -2.18. The molecule has 4 N–H and O–H groups in total. The Morgan fingerprint density at radius 2 is 1.18 bits per heavy atom. The molecule has 0 saturated carbocycles. The van der Waals surface area contributed by atoms with E-state index in [1.807, 2.05) is 0 Å². The molecule has 51 heavy (non-hydrogen) atoms. The largest absolute Gasteiger partial charge is 0.481 e. The number of nitrogens with zero attached hydrogens (tertiary/aromatic N) is 2. The maximum atomic E-state index is 12.9. The molecule has 4 amide bonds. The summed E-state index contributed by atoms with van der Waals surface area (Å²) in [6, 6.07) is 4.95. The Balaban J connectivity index is 1.64. The van der Waals surface area contributed by atoms with Crippen LogP contribution in [0.15, 0.2) is 36.7 Å². The van der Waals surface area contributed by atoms with E-state index in [2.05, 4.69) is 40.6 Å². The highest BCUT2D eigenvalue weighted by Crippen LogP contribution is 2.18. The van der Waals surface area contributed by atoms with E-state index in [0.29, 0.717) is 11.1 Å². The minimum atomic E-state index is -4.51. The molecule has 1 saturated heterocycles. The summed E-state index contributed by atoms with van der Waals surface area (Å²) in [6.45, 7) is -6.91. The number of halogens is 3. The molecule has 3 rings (SSSR count). The van der Waals surface area contributed by atoms with E-state index < -0.39 is 112 Å². The molecule has 22 heteroatoms. The topological polar surface area (TPSA) is 249 Å². The van der Waals surface area contributed by atoms with Gasteiger partial charge in [0, 0.05) is 6.42 Å². The summed E-state index contributed by atoms with van der Waals surface area (Å²) in [5.74, 6) is -8.06. The summed E-state index contributed by atoms with van der Waals surface area (Å²) in [4.78, 5) is 96.9. The van der Waals surface area contributed by atoms with Crippen molar-refractivity contribution in [2.75, 3.05) is 52.7 Å². The predicted octanol–water partition coefficient (Wildman–Crippen LogP) is -2.57. The first-order valence-corrected chi connectivity index (χ1v) is 14.7. The maximum Gasteiger partial charge on any atom is 0.422 e. The monoisotopic (exact) mass is 728 g/mol. The van der Waals surface area contributed by atoms with Crippen LogP contribution in [0.25, 0.3) is 0 Å². The van der Waals surface area contributed by atoms with Gasteiger partial charge in [-0.05, 0) is 11.1 Å². The molecule has 276 valence electrons. The van der Waals surface area contributed by atoms with Crippen molar-refractivity contribution in [3.63, 3.8) is 0 Å². The van der Waals surface area contributed by atoms with Crippen LogP contribution in [0.5, 0.6) is 5.75 Å². The number of aromatic nitrogens is 2. The molecule has 1 aliphatic rings. The molecular formula is C29H31F3N6O13. The fourth-order valence-corrected chi connectivity index (χ4v) is 3.80. The number of benzene rings is 1. The number of rotatable bonds is 6. The minimum absolute atomic E-state index is 0.0859. The molecule has 1 aromatic carbocycles. The fraction of sp³-hybridized carbons (Fsp3) is 0.414. The van der Waals surface area contributed by atoms with Gasteiger partial charge in [0.2, 0.25) is 0 Å². The number of carbonyl (C=O) groups excluding carboxylic acids is 8. The third-order valence-electron chi connectivity index (χ3n) is 6.17. The van der Waals surface area contributed by atoms with E-state index in [-0.39, 0.29) is 18.7 Å². The highest BCUT2D eigenvalue weighted by molar-refractivity contribution is 5.90. The molecule has 0 spiro atoms. The molecule has 1 aromatic heterocycles. The van der Waals surface area contributed by atoms with Crippen molar-refractivity contribution in [1.82, 2.24) is 31.0 Å². The molecule has 2 aromatic rings. The Kier molecular flexibility index (Phi) is 14.7. The van der Waals surface area contributed by atoms with E-state index in [1.165, 1.54) is 10.9 Å². The Bertz CT molecular complexity index is 1600. The number of cyclic esters (lactones) is 4. The standard InChI is InChI=1S/C29H31F3N6O13/c30-29(31,32)16-51-19-6-36-38(11-19)10-18-3-1-17(2-4-18)5-20-28(46)50-14-23(41)35-8-26(44)48-12-21(39)33-7-25(43)47-13-22(40)34-9-27(45)49-15-24(42)37-20/h1-4,6,11,20H,5,7-10,12-16H2,(H,33,39)(H,34,40)(H,35,41)(H,37,42). The van der Waals surface area contributed by atoms with Crippen LogP contribution in [0.2, 0.25) is 0 Å². The summed E-state index contributed by atoms with van der Waals surface area (Å²) >= 11 is 0. The first-order valence-electron chi connectivity index (χ1n) is 14.7. The van der Waals surface area contributed by atoms with Crippen molar-refractivity contribution in [3.05, 3.63) is 47.8 Å². The molecule has 1 unspecified atom stereocenters. The average molecular weight is 729 g/mol. The van der Waals surface area contributed by atoms with Crippen LogP contribution in [-0.4, -0.2) is 122 Å². The summed E-state index contributed by atoms with van der Waals surface area (Å²) in [5.41, 5.74) is 1.12. The van der Waals surface area contributed by atoms with Crippen LogP contribution >= 0.6 is 0 Å². The lowest BCUT2D eigenvalue weighted by atomic mass is 10.0. The number of carbonyl (C=O) groups is 8. The number of hydrogen-bond acceptors (Lipinski definition) is 14. The molecule has 1 aliphatic heterocycles. The predicted molar refractivity (Wildman–Crippen MR) is 158 cm³/mol. The first-order chi connectivity index (χ1) is 24.1. The maximum absolute atomic E-state index is 12.9. The van der Waals surface area contributed by atoms with Gasteiger partial charge in [0.15, 0.2) is 38.8 Å². The number of hydrogen-bond donors (Lipinski definition) is 4. The fourth-order valence-electron chi connectivity index (χ4n) is 3.80. The van der Waals surface area contributed by atoms with Crippen molar-refractivity contribution in [2.45, 2.75) is 25.2 Å². The van der Waals surface area contributed by atoms with Gasteiger partial charge >= 0.3 is 30.1 Å². The van der Waals surface area contributed by atoms with Crippen molar-refractivity contribution in [3.8, 4) is 5.75 Å². The molecule has 1 fully saturated rings. The van der Waals surface area contributed by atoms with E-state index >= 15 is 0 Å². The van der Waals surface area contributed by atoms with Crippen LogP contribution in [0.1, 0.15) is 11.1 Å². The molecule has 0 aliphatic carbocycles. The van der Waals surface area contributed by atoms with E-state index in [0.717, 1.165) is 6.20 Å². The summed E-state index contributed by atoms with van der Waals surface area (Å²) in [5, 5.41) is 12.5. The second-order valence-corrected chi connectivity index (χ2v) is 10.3. The van der Waals surface area contributed by atoms with Gasteiger partial charge in [0.1, 0.15) is 25.7 Å². The first kappa shape index (κ1) is 39.2. The molecule has 0 bridgehead atoms. The van der Waals surface area contributed by atoms with Crippen LogP contribution in [-0.2, 0) is 70.3 Å². The minimum Gasteiger partial charge on any atom is -0.481 e. The molecule has 2 heterocycles. The van der Waals surface area contributed by atoms with Crippen LogP contribution < -0.4 is 26.0 Å². The zero-order valence-corrected chi connectivity index (χ0v) is 26.4. The number of nitrogens with one attached hydrogen (secondary N) is 4. The Morgan fingerprint density at radius 3 is 1.69 bits per heavy atom. The van der Waals surface area contributed by atoms with E-state index in [1.54, 1.807) is 24.3 Å². The summed E-state index contributed by atoms with van der Waals surface area (Å²) in [6.07, 6.45) is -2.31. The highest BCUT2D eigenvalue weighted by atomic mass is 19.4. The second kappa shape index (κ2) is 19.1. The third-order valence-corrected chi connectivity index (χ3v) is 6.17. The van der Waals surface area contributed by atoms with Gasteiger partial charge < -0.3 is 45.0 Å².